The maximum Gasteiger partial charge on any atom is 0.225 e. The van der Waals surface area contributed by atoms with Gasteiger partial charge in [-0.1, -0.05) is 0 Å². The standard InChI is InChI=1S/C10H15N3O3/c14-8-2-1-7(5-12-8)13-10(16)6-3-9(15)11-4-6/h6-7H,1-5H2,(H,11,15)(H,12,14)(H,13,16). The smallest absolute Gasteiger partial charge is 0.225 e. The van der Waals surface area contributed by atoms with Crippen LogP contribution in [0.4, 0.5) is 0 Å². The summed E-state index contributed by atoms with van der Waals surface area (Å²) >= 11 is 0. The van der Waals surface area contributed by atoms with Crippen molar-refractivity contribution < 1.29 is 14.4 Å². The fourth-order valence-corrected chi connectivity index (χ4v) is 1.97. The first-order valence-electron chi connectivity index (χ1n) is 5.49. The number of piperidine rings is 1. The normalized spacial score (nSPS) is 29.5. The predicted octanol–water partition coefficient (Wildman–Crippen LogP) is -1.48. The minimum absolute atomic E-state index is 0.000835. The van der Waals surface area contributed by atoms with Crippen LogP contribution < -0.4 is 16.0 Å². The maximum absolute atomic E-state index is 11.7. The molecular weight excluding hydrogens is 210 g/mol. The van der Waals surface area contributed by atoms with Crippen molar-refractivity contribution in [2.24, 2.45) is 5.92 Å². The minimum Gasteiger partial charge on any atom is -0.355 e. The van der Waals surface area contributed by atoms with Crippen molar-refractivity contribution >= 4 is 17.7 Å². The summed E-state index contributed by atoms with van der Waals surface area (Å²) in [6, 6.07) is 0.000835. The first kappa shape index (κ1) is 10.9. The van der Waals surface area contributed by atoms with Crippen molar-refractivity contribution in [3.05, 3.63) is 0 Å². The van der Waals surface area contributed by atoms with Crippen molar-refractivity contribution in [3.63, 3.8) is 0 Å². The van der Waals surface area contributed by atoms with E-state index in [-0.39, 0.29) is 36.1 Å². The summed E-state index contributed by atoms with van der Waals surface area (Å²) in [7, 11) is 0. The average molecular weight is 225 g/mol. The van der Waals surface area contributed by atoms with Crippen LogP contribution in [0.15, 0.2) is 0 Å². The Kier molecular flexibility index (Phi) is 3.07. The molecule has 0 aromatic rings. The van der Waals surface area contributed by atoms with Crippen LogP contribution in [0.2, 0.25) is 0 Å². The van der Waals surface area contributed by atoms with Gasteiger partial charge >= 0.3 is 0 Å². The fourth-order valence-electron chi connectivity index (χ4n) is 1.97. The van der Waals surface area contributed by atoms with Gasteiger partial charge < -0.3 is 16.0 Å². The van der Waals surface area contributed by atoms with Gasteiger partial charge in [0.05, 0.1) is 5.92 Å². The number of hydrogen-bond acceptors (Lipinski definition) is 3. The van der Waals surface area contributed by atoms with Crippen molar-refractivity contribution in [2.75, 3.05) is 13.1 Å². The van der Waals surface area contributed by atoms with E-state index < -0.39 is 0 Å². The zero-order chi connectivity index (χ0) is 11.5. The molecule has 0 radical (unpaired) electrons. The molecule has 2 rings (SSSR count). The van der Waals surface area contributed by atoms with Gasteiger partial charge in [0.25, 0.3) is 0 Å². The molecule has 0 spiro atoms. The van der Waals surface area contributed by atoms with E-state index in [2.05, 4.69) is 16.0 Å². The van der Waals surface area contributed by atoms with E-state index in [1.807, 2.05) is 0 Å². The van der Waals surface area contributed by atoms with E-state index in [4.69, 9.17) is 0 Å². The second kappa shape index (κ2) is 4.51. The highest BCUT2D eigenvalue weighted by atomic mass is 16.2. The molecule has 2 unspecified atom stereocenters. The summed E-state index contributed by atoms with van der Waals surface area (Å²) in [6.07, 6.45) is 1.39. The van der Waals surface area contributed by atoms with Crippen LogP contribution in [-0.2, 0) is 14.4 Å². The van der Waals surface area contributed by atoms with E-state index in [0.717, 1.165) is 0 Å². The quantitative estimate of drug-likeness (QED) is 0.535. The average Bonchev–Trinajstić information content (AvgIpc) is 2.68. The summed E-state index contributed by atoms with van der Waals surface area (Å²) in [6.45, 7) is 0.905. The van der Waals surface area contributed by atoms with Crippen molar-refractivity contribution in [1.29, 1.82) is 0 Å². The Morgan fingerprint density at radius 1 is 1.19 bits per heavy atom. The van der Waals surface area contributed by atoms with Crippen LogP contribution in [0.25, 0.3) is 0 Å². The molecule has 2 saturated heterocycles. The number of hydrogen-bond donors (Lipinski definition) is 3. The molecule has 2 aliphatic rings. The molecular formula is C10H15N3O3. The number of carbonyl (C=O) groups excluding carboxylic acids is 3. The fraction of sp³-hybridized carbons (Fsp3) is 0.700. The van der Waals surface area contributed by atoms with Crippen molar-refractivity contribution in [2.45, 2.75) is 25.3 Å². The second-order valence-corrected chi connectivity index (χ2v) is 4.25. The van der Waals surface area contributed by atoms with Crippen LogP contribution in [0.3, 0.4) is 0 Å². The molecule has 3 amide bonds. The Hall–Kier alpha value is -1.59. The van der Waals surface area contributed by atoms with Crippen LogP contribution in [-0.4, -0.2) is 36.9 Å². The largest absolute Gasteiger partial charge is 0.355 e. The molecule has 88 valence electrons. The van der Waals surface area contributed by atoms with Gasteiger partial charge in [0.15, 0.2) is 0 Å². The molecule has 0 aromatic carbocycles. The van der Waals surface area contributed by atoms with E-state index in [1.54, 1.807) is 0 Å². The molecule has 0 aromatic heterocycles. The Bertz CT molecular complexity index is 319. The summed E-state index contributed by atoms with van der Waals surface area (Å²) in [5, 5.41) is 8.18. The van der Waals surface area contributed by atoms with Gasteiger partial charge in [0, 0.05) is 32.0 Å². The Morgan fingerprint density at radius 3 is 2.50 bits per heavy atom. The van der Waals surface area contributed by atoms with E-state index in [0.29, 0.717) is 25.9 Å². The number of rotatable bonds is 2. The topological polar surface area (TPSA) is 87.3 Å². The lowest BCUT2D eigenvalue weighted by Gasteiger charge is -2.24. The lowest BCUT2D eigenvalue weighted by Crippen LogP contribution is -2.49. The molecule has 2 aliphatic heterocycles. The highest BCUT2D eigenvalue weighted by Gasteiger charge is 2.29. The molecule has 0 bridgehead atoms. The van der Waals surface area contributed by atoms with Gasteiger partial charge in [-0.05, 0) is 6.42 Å². The van der Waals surface area contributed by atoms with E-state index in [9.17, 15) is 14.4 Å². The number of nitrogens with one attached hydrogen (secondary N) is 3. The molecule has 0 aliphatic carbocycles. The number of amides is 3. The third-order valence-electron chi connectivity index (χ3n) is 2.96. The molecule has 2 atom stereocenters. The molecule has 6 nitrogen and oxygen atoms in total. The Labute approximate surface area is 93.1 Å². The Morgan fingerprint density at radius 2 is 1.94 bits per heavy atom. The summed E-state index contributed by atoms with van der Waals surface area (Å²) < 4.78 is 0. The van der Waals surface area contributed by atoms with Crippen LogP contribution in [0, 0.1) is 5.92 Å². The zero-order valence-electron chi connectivity index (χ0n) is 8.91. The van der Waals surface area contributed by atoms with Crippen LogP contribution in [0.1, 0.15) is 19.3 Å². The highest BCUT2D eigenvalue weighted by Crippen LogP contribution is 2.10. The molecule has 0 saturated carbocycles. The molecule has 3 N–H and O–H groups in total. The van der Waals surface area contributed by atoms with E-state index >= 15 is 0 Å². The zero-order valence-corrected chi connectivity index (χ0v) is 8.91. The van der Waals surface area contributed by atoms with Crippen molar-refractivity contribution in [3.8, 4) is 0 Å². The van der Waals surface area contributed by atoms with Gasteiger partial charge in [-0.2, -0.15) is 0 Å². The second-order valence-electron chi connectivity index (χ2n) is 4.25. The molecule has 2 fully saturated rings. The number of carbonyl (C=O) groups is 3. The maximum atomic E-state index is 11.7. The summed E-state index contributed by atoms with van der Waals surface area (Å²) in [5.74, 6) is -0.398. The SMILES string of the molecule is O=C1CCC(NC(=O)C2CNC(=O)C2)CN1. The summed E-state index contributed by atoms with van der Waals surface area (Å²) in [5.41, 5.74) is 0. The molecule has 2 heterocycles. The minimum atomic E-state index is -0.259. The Balaban J connectivity index is 1.79. The van der Waals surface area contributed by atoms with Gasteiger partial charge in [0.1, 0.15) is 0 Å². The molecule has 6 heteroatoms. The first-order chi connectivity index (χ1) is 7.65. The third-order valence-corrected chi connectivity index (χ3v) is 2.96. The third kappa shape index (κ3) is 2.50. The van der Waals surface area contributed by atoms with E-state index in [1.165, 1.54) is 0 Å². The lowest BCUT2D eigenvalue weighted by atomic mass is 10.0. The van der Waals surface area contributed by atoms with Crippen LogP contribution >= 0.6 is 0 Å². The van der Waals surface area contributed by atoms with Crippen molar-refractivity contribution in [1.82, 2.24) is 16.0 Å². The monoisotopic (exact) mass is 225 g/mol. The van der Waals surface area contributed by atoms with Gasteiger partial charge in [-0.3, -0.25) is 14.4 Å². The van der Waals surface area contributed by atoms with Gasteiger partial charge in [-0.15, -0.1) is 0 Å². The predicted molar refractivity (Wildman–Crippen MR) is 55.3 cm³/mol. The highest BCUT2D eigenvalue weighted by molar-refractivity contribution is 5.89. The summed E-state index contributed by atoms with van der Waals surface area (Å²) in [4.78, 5) is 33.6. The first-order valence-corrected chi connectivity index (χ1v) is 5.49. The van der Waals surface area contributed by atoms with Crippen LogP contribution in [0.5, 0.6) is 0 Å². The van der Waals surface area contributed by atoms with Gasteiger partial charge in [-0.25, -0.2) is 0 Å². The lowest BCUT2D eigenvalue weighted by molar-refractivity contribution is -0.128. The molecule has 16 heavy (non-hydrogen) atoms. The van der Waals surface area contributed by atoms with Gasteiger partial charge in [0.2, 0.25) is 17.7 Å².